The van der Waals surface area contributed by atoms with Gasteiger partial charge in [-0.15, -0.1) is 0 Å². The summed E-state index contributed by atoms with van der Waals surface area (Å²) in [4.78, 5) is 19.5. The third-order valence-corrected chi connectivity index (χ3v) is 5.50. The van der Waals surface area contributed by atoms with Crippen LogP contribution in [0.1, 0.15) is 117 Å². The van der Waals surface area contributed by atoms with Gasteiger partial charge in [-0.05, 0) is 18.2 Å². The first kappa shape index (κ1) is 30.3. The lowest BCUT2D eigenvalue weighted by Crippen LogP contribution is -2.46. The summed E-state index contributed by atoms with van der Waals surface area (Å²) in [6.45, 7) is 6.23. The van der Waals surface area contributed by atoms with Crippen molar-refractivity contribution in [3.8, 4) is 0 Å². The monoisotopic (exact) mass is 420 g/mol. The molecule has 0 heterocycles. The molecule has 0 aliphatic carbocycles. The molecule has 0 fully saturated rings. The molecule has 0 N–H and O–H groups in total. The highest BCUT2D eigenvalue weighted by Crippen LogP contribution is 2.15. The van der Waals surface area contributed by atoms with Gasteiger partial charge >= 0.3 is 0 Å². The quantitative estimate of drug-likeness (QED) is 0.0918. The van der Waals surface area contributed by atoms with Crippen molar-refractivity contribution in [1.29, 1.82) is 0 Å². The molecule has 176 valence electrons. The second-order valence-corrected chi connectivity index (χ2v) is 7.75. The predicted octanol–water partition coefficient (Wildman–Crippen LogP) is 6.97. The second-order valence-electron chi connectivity index (χ2n) is 7.75. The fourth-order valence-corrected chi connectivity index (χ4v) is 3.57. The number of quaternary nitrogens is 1. The van der Waals surface area contributed by atoms with E-state index in [9.17, 15) is 0 Å². The summed E-state index contributed by atoms with van der Waals surface area (Å²) in [7, 11) is 3.47. The number of nitrogens with zero attached hydrogens (tertiary/aromatic N) is 2. The fourth-order valence-electron chi connectivity index (χ4n) is 3.57. The standard InChI is InChI=1S/C22H48NO2.NO3/c1-5-7-8-9-10-11-12-13-14-15-16-17-18-19-20-21-22-23(6-2,24-3)25-4;2-1(3)4/h5-22H2,1-4H3;/q+1;-1. The molecule has 0 amide bonds. The molecule has 0 saturated carbocycles. The summed E-state index contributed by atoms with van der Waals surface area (Å²) in [5.74, 6) is 0. The van der Waals surface area contributed by atoms with Gasteiger partial charge in [0, 0.05) is 6.42 Å². The van der Waals surface area contributed by atoms with Gasteiger partial charge in [0.25, 0.3) is 0 Å². The first-order chi connectivity index (χ1) is 14.0. The smallest absolute Gasteiger partial charge is 0.142 e. The lowest BCUT2D eigenvalue weighted by Gasteiger charge is -2.28. The normalized spacial score (nSPS) is 11.2. The maximum Gasteiger partial charge on any atom is 0.142 e. The zero-order chi connectivity index (χ0) is 22.2. The van der Waals surface area contributed by atoms with Gasteiger partial charge in [-0.2, -0.15) is 9.68 Å². The van der Waals surface area contributed by atoms with Gasteiger partial charge in [0.2, 0.25) is 0 Å². The number of hydrogen-bond acceptors (Lipinski definition) is 5. The molecule has 0 atom stereocenters. The molecule has 0 aliphatic rings. The number of hydrogen-bond donors (Lipinski definition) is 0. The largest absolute Gasteiger partial charge is 0.356 e. The topological polar surface area (TPSA) is 84.7 Å². The van der Waals surface area contributed by atoms with Crippen LogP contribution in [-0.4, -0.2) is 37.2 Å². The Labute approximate surface area is 179 Å². The Morgan fingerprint density at radius 3 is 1.14 bits per heavy atom. The molecule has 0 radical (unpaired) electrons. The summed E-state index contributed by atoms with van der Waals surface area (Å²) < 4.78 is 0. The predicted molar refractivity (Wildman–Crippen MR) is 120 cm³/mol. The number of rotatable bonds is 20. The summed E-state index contributed by atoms with van der Waals surface area (Å²) in [5.41, 5.74) is 0. The maximum atomic E-state index is 8.25. The molecule has 0 unspecified atom stereocenters. The van der Waals surface area contributed by atoms with Gasteiger partial charge in [0.05, 0.1) is 19.3 Å². The lowest BCUT2D eigenvalue weighted by molar-refractivity contribution is -1.24. The molecule has 0 aliphatic heterocycles. The van der Waals surface area contributed by atoms with Crippen LogP contribution in [0.25, 0.3) is 0 Å². The van der Waals surface area contributed by atoms with E-state index in [1.54, 1.807) is 14.2 Å². The minimum Gasteiger partial charge on any atom is -0.356 e. The van der Waals surface area contributed by atoms with Crippen LogP contribution in [-0.2, 0) is 9.68 Å². The highest BCUT2D eigenvalue weighted by atomic mass is 17.0. The van der Waals surface area contributed by atoms with Gasteiger partial charge in [0.1, 0.15) is 13.1 Å². The molecule has 0 spiro atoms. The van der Waals surface area contributed by atoms with Gasteiger partial charge in [-0.1, -0.05) is 96.8 Å². The van der Waals surface area contributed by atoms with E-state index in [-0.39, 0.29) is 0 Å². The van der Waals surface area contributed by atoms with E-state index in [1.165, 1.54) is 103 Å². The van der Waals surface area contributed by atoms with Crippen molar-refractivity contribution in [2.75, 3.05) is 27.3 Å². The van der Waals surface area contributed by atoms with Crippen LogP contribution in [0.4, 0.5) is 0 Å². The zero-order valence-corrected chi connectivity index (χ0v) is 19.7. The van der Waals surface area contributed by atoms with Crippen molar-refractivity contribution < 1.29 is 19.6 Å². The first-order valence-corrected chi connectivity index (χ1v) is 11.8. The average molecular weight is 421 g/mol. The van der Waals surface area contributed by atoms with E-state index in [0.717, 1.165) is 13.1 Å². The maximum absolute atomic E-state index is 8.25. The van der Waals surface area contributed by atoms with Crippen molar-refractivity contribution >= 4 is 0 Å². The molecular formula is C22H48N2O5. The average Bonchev–Trinajstić information content (AvgIpc) is 2.70. The molecule has 0 aromatic carbocycles. The fraction of sp³-hybridized carbons (Fsp3) is 1.00. The van der Waals surface area contributed by atoms with Gasteiger partial charge in [0.15, 0.2) is 0 Å². The van der Waals surface area contributed by atoms with E-state index >= 15 is 0 Å². The Morgan fingerprint density at radius 2 is 0.897 bits per heavy atom. The van der Waals surface area contributed by atoms with Crippen LogP contribution in [0.3, 0.4) is 0 Å². The summed E-state index contributed by atoms with van der Waals surface area (Å²) in [5, 5.41) is 14.8. The van der Waals surface area contributed by atoms with Crippen LogP contribution in [0.5, 0.6) is 0 Å². The van der Waals surface area contributed by atoms with E-state index < -0.39 is 5.09 Å². The molecule has 0 aromatic rings. The van der Waals surface area contributed by atoms with Gasteiger partial charge in [-0.25, -0.2) is 0 Å². The Hall–Kier alpha value is -0.920. The van der Waals surface area contributed by atoms with Crippen LogP contribution >= 0.6 is 0 Å². The van der Waals surface area contributed by atoms with Crippen molar-refractivity contribution in [3.05, 3.63) is 15.3 Å². The SMILES string of the molecule is CCCCCCCCCCCCCCCCCC[N+](CC)(OC)OC.O=[N+]([O-])[O-]. The van der Waals surface area contributed by atoms with E-state index in [0.29, 0.717) is 4.81 Å². The van der Waals surface area contributed by atoms with Crippen LogP contribution in [0.2, 0.25) is 0 Å². The zero-order valence-electron chi connectivity index (χ0n) is 19.7. The van der Waals surface area contributed by atoms with Crippen molar-refractivity contribution in [2.24, 2.45) is 0 Å². The minimum atomic E-state index is -1.75. The van der Waals surface area contributed by atoms with E-state index in [2.05, 4.69) is 13.8 Å². The number of unbranched alkanes of at least 4 members (excludes halogenated alkanes) is 15. The summed E-state index contributed by atoms with van der Waals surface area (Å²) in [6, 6.07) is 0. The molecule has 0 aromatic heterocycles. The van der Waals surface area contributed by atoms with Gasteiger partial charge in [-0.3, -0.25) is 0 Å². The van der Waals surface area contributed by atoms with Crippen molar-refractivity contribution in [3.63, 3.8) is 0 Å². The lowest BCUT2D eigenvalue weighted by atomic mass is 10.0. The molecule has 7 nitrogen and oxygen atoms in total. The van der Waals surface area contributed by atoms with Crippen LogP contribution in [0, 0.1) is 15.3 Å². The highest BCUT2D eigenvalue weighted by Gasteiger charge is 2.25. The van der Waals surface area contributed by atoms with E-state index in [1.807, 2.05) is 0 Å². The minimum absolute atomic E-state index is 0.332. The highest BCUT2D eigenvalue weighted by molar-refractivity contribution is 4.49. The molecule has 29 heavy (non-hydrogen) atoms. The van der Waals surface area contributed by atoms with Crippen molar-refractivity contribution in [1.82, 2.24) is 0 Å². The Bertz CT molecular complexity index is 327. The Balaban J connectivity index is 0. The van der Waals surface area contributed by atoms with Crippen LogP contribution in [0.15, 0.2) is 0 Å². The number of hydroxylamine groups is 4. The Kier molecular flexibility index (Phi) is 24.4. The first-order valence-electron chi connectivity index (χ1n) is 11.8. The van der Waals surface area contributed by atoms with Crippen LogP contribution < -0.4 is 0 Å². The summed E-state index contributed by atoms with van der Waals surface area (Å²) in [6.07, 6.45) is 22.5. The molecular weight excluding hydrogens is 372 g/mol. The van der Waals surface area contributed by atoms with Gasteiger partial charge < -0.3 is 15.3 Å². The Morgan fingerprint density at radius 1 is 0.621 bits per heavy atom. The third-order valence-electron chi connectivity index (χ3n) is 5.50. The third kappa shape index (κ3) is 23.2. The van der Waals surface area contributed by atoms with Crippen molar-refractivity contribution in [2.45, 2.75) is 117 Å². The molecule has 7 heteroatoms. The second kappa shape index (κ2) is 23.4. The molecule has 0 rings (SSSR count). The van der Waals surface area contributed by atoms with E-state index in [4.69, 9.17) is 25.0 Å². The molecule has 0 saturated heterocycles. The molecule has 0 bridgehead atoms. The summed E-state index contributed by atoms with van der Waals surface area (Å²) >= 11 is 0.